The van der Waals surface area contributed by atoms with Crippen molar-refractivity contribution in [1.82, 2.24) is 9.97 Å². The lowest BCUT2D eigenvalue weighted by Gasteiger charge is -2.06. The van der Waals surface area contributed by atoms with Crippen LogP contribution in [0.4, 0.5) is 0 Å². The van der Waals surface area contributed by atoms with Gasteiger partial charge in [0.15, 0.2) is 0 Å². The van der Waals surface area contributed by atoms with E-state index in [1.54, 1.807) is 6.07 Å². The highest BCUT2D eigenvalue weighted by molar-refractivity contribution is 9.10. The van der Waals surface area contributed by atoms with Gasteiger partial charge in [0, 0.05) is 17.0 Å². The molecule has 0 atom stereocenters. The highest BCUT2D eigenvalue weighted by Crippen LogP contribution is 2.24. The number of hydrogen-bond acceptors (Lipinski definition) is 3. The molecule has 1 heterocycles. The molecule has 0 aliphatic carbocycles. The van der Waals surface area contributed by atoms with Crippen molar-refractivity contribution in [1.29, 1.82) is 0 Å². The van der Waals surface area contributed by atoms with Crippen LogP contribution in [0.5, 0.6) is 11.6 Å². The van der Waals surface area contributed by atoms with Crippen molar-refractivity contribution in [3.05, 3.63) is 45.8 Å². The number of ether oxygens (including phenoxy) is 1. The van der Waals surface area contributed by atoms with E-state index in [-0.39, 0.29) is 0 Å². The van der Waals surface area contributed by atoms with Crippen molar-refractivity contribution in [2.75, 3.05) is 0 Å². The molecule has 17 heavy (non-hydrogen) atoms. The highest BCUT2D eigenvalue weighted by atomic mass is 79.9. The van der Waals surface area contributed by atoms with Crippen LogP contribution in [0, 0.1) is 0 Å². The number of rotatable bonds is 3. The molecule has 88 valence electrons. The van der Waals surface area contributed by atoms with E-state index in [2.05, 4.69) is 25.9 Å². The van der Waals surface area contributed by atoms with E-state index in [1.807, 2.05) is 31.2 Å². The van der Waals surface area contributed by atoms with Gasteiger partial charge in [-0.2, -0.15) is 4.98 Å². The van der Waals surface area contributed by atoms with Crippen LogP contribution in [0.3, 0.4) is 0 Å². The lowest BCUT2D eigenvalue weighted by Crippen LogP contribution is -1.96. The highest BCUT2D eigenvalue weighted by Gasteiger charge is 2.04. The molecule has 3 nitrogen and oxygen atoms in total. The van der Waals surface area contributed by atoms with Crippen LogP contribution in [-0.2, 0) is 6.42 Å². The van der Waals surface area contributed by atoms with Crippen molar-refractivity contribution >= 4 is 27.5 Å². The maximum absolute atomic E-state index is 5.89. The van der Waals surface area contributed by atoms with Crippen molar-refractivity contribution in [2.45, 2.75) is 13.3 Å². The van der Waals surface area contributed by atoms with Gasteiger partial charge in [-0.15, -0.1) is 0 Å². The Labute approximate surface area is 113 Å². The van der Waals surface area contributed by atoms with Gasteiger partial charge in [-0.25, -0.2) is 4.98 Å². The normalized spacial score (nSPS) is 10.3. The number of aromatic nitrogens is 2. The lowest BCUT2D eigenvalue weighted by molar-refractivity contribution is 0.458. The van der Waals surface area contributed by atoms with Crippen molar-refractivity contribution in [3.63, 3.8) is 0 Å². The fourth-order valence-electron chi connectivity index (χ4n) is 1.30. The van der Waals surface area contributed by atoms with Crippen molar-refractivity contribution < 1.29 is 4.74 Å². The molecule has 0 N–H and O–H groups in total. The van der Waals surface area contributed by atoms with E-state index in [9.17, 15) is 0 Å². The first kappa shape index (κ1) is 12.3. The summed E-state index contributed by atoms with van der Waals surface area (Å²) in [6.07, 6.45) is 0.718. The minimum Gasteiger partial charge on any atom is -0.439 e. The molecule has 0 bridgehead atoms. The Morgan fingerprint density at radius 2 is 2.12 bits per heavy atom. The molecule has 0 saturated heterocycles. The van der Waals surface area contributed by atoms with Gasteiger partial charge in [0.2, 0.25) is 5.88 Å². The molecule has 0 aliphatic rings. The van der Waals surface area contributed by atoms with Crippen molar-refractivity contribution in [3.8, 4) is 11.6 Å². The molecule has 1 aromatic carbocycles. The quantitative estimate of drug-likeness (QED) is 0.795. The summed E-state index contributed by atoms with van der Waals surface area (Å²) in [5.74, 6) is 1.83. The minimum absolute atomic E-state index is 0.391. The number of nitrogens with zero attached hydrogens (tertiary/aromatic N) is 2. The van der Waals surface area contributed by atoms with Gasteiger partial charge < -0.3 is 4.74 Å². The summed E-state index contributed by atoms with van der Waals surface area (Å²) in [6.45, 7) is 1.97. The first-order chi connectivity index (χ1) is 8.17. The van der Waals surface area contributed by atoms with Crippen LogP contribution in [0.15, 0.2) is 34.8 Å². The third-order valence-corrected chi connectivity index (χ3v) is 2.74. The third kappa shape index (κ3) is 3.41. The Morgan fingerprint density at radius 1 is 1.29 bits per heavy atom. The van der Waals surface area contributed by atoms with E-state index < -0.39 is 0 Å². The van der Waals surface area contributed by atoms with Crippen LogP contribution >= 0.6 is 27.5 Å². The summed E-state index contributed by atoms with van der Waals surface area (Å²) in [5.41, 5.74) is 0. The van der Waals surface area contributed by atoms with Gasteiger partial charge in [0.05, 0.1) is 0 Å². The van der Waals surface area contributed by atoms with Gasteiger partial charge in [-0.3, -0.25) is 0 Å². The number of halogens is 2. The molecule has 2 aromatic rings. The van der Waals surface area contributed by atoms with Crippen LogP contribution in [0.2, 0.25) is 5.15 Å². The molecular formula is C12H10BrClN2O. The Kier molecular flexibility index (Phi) is 3.97. The molecule has 0 saturated carbocycles. The molecule has 0 unspecified atom stereocenters. The fourth-order valence-corrected chi connectivity index (χ4v) is 1.87. The van der Waals surface area contributed by atoms with E-state index in [0.29, 0.717) is 22.6 Å². The second kappa shape index (κ2) is 5.47. The number of aryl methyl sites for hydroxylation is 1. The van der Waals surface area contributed by atoms with Gasteiger partial charge in [-0.05, 0) is 18.2 Å². The molecule has 2 rings (SSSR count). The molecule has 0 aliphatic heterocycles. The van der Waals surface area contributed by atoms with Crippen LogP contribution in [0.25, 0.3) is 0 Å². The van der Waals surface area contributed by atoms with Gasteiger partial charge >= 0.3 is 0 Å². The fraction of sp³-hybridized carbons (Fsp3) is 0.167. The van der Waals surface area contributed by atoms with Crippen LogP contribution in [0.1, 0.15) is 12.7 Å². The summed E-state index contributed by atoms with van der Waals surface area (Å²) in [6, 6.07) is 9.13. The monoisotopic (exact) mass is 312 g/mol. The molecule has 1 aromatic heterocycles. The average molecular weight is 314 g/mol. The van der Waals surface area contributed by atoms with E-state index in [1.165, 1.54) is 0 Å². The zero-order valence-electron chi connectivity index (χ0n) is 9.15. The minimum atomic E-state index is 0.391. The molecule has 5 heteroatoms. The first-order valence-corrected chi connectivity index (χ1v) is 6.31. The zero-order chi connectivity index (χ0) is 12.3. The third-order valence-electron chi connectivity index (χ3n) is 2.05. The summed E-state index contributed by atoms with van der Waals surface area (Å²) in [5, 5.41) is 0.391. The van der Waals surface area contributed by atoms with E-state index in [0.717, 1.165) is 10.9 Å². The number of benzene rings is 1. The predicted octanol–water partition coefficient (Wildman–Crippen LogP) is 4.25. The molecule has 0 amide bonds. The maximum Gasteiger partial charge on any atom is 0.224 e. The van der Waals surface area contributed by atoms with Gasteiger partial charge in [0.1, 0.15) is 16.7 Å². The largest absolute Gasteiger partial charge is 0.439 e. The SMILES string of the molecule is CCc1nc(Cl)cc(Oc2cccc(Br)c2)n1. The number of hydrogen-bond donors (Lipinski definition) is 0. The topological polar surface area (TPSA) is 35.0 Å². The van der Waals surface area contributed by atoms with Crippen molar-refractivity contribution in [2.24, 2.45) is 0 Å². The Morgan fingerprint density at radius 3 is 2.82 bits per heavy atom. The maximum atomic E-state index is 5.89. The second-order valence-electron chi connectivity index (χ2n) is 3.36. The molecule has 0 spiro atoms. The summed E-state index contributed by atoms with van der Waals surface area (Å²) < 4.78 is 6.57. The van der Waals surface area contributed by atoms with Crippen LogP contribution in [-0.4, -0.2) is 9.97 Å². The van der Waals surface area contributed by atoms with E-state index >= 15 is 0 Å². The molecule has 0 fully saturated rings. The Bertz CT molecular complexity index is 534. The van der Waals surface area contributed by atoms with E-state index in [4.69, 9.17) is 16.3 Å². The Balaban J connectivity index is 2.26. The average Bonchev–Trinajstić information content (AvgIpc) is 2.28. The second-order valence-corrected chi connectivity index (χ2v) is 4.66. The predicted molar refractivity (Wildman–Crippen MR) is 70.6 cm³/mol. The molecule has 0 radical (unpaired) electrons. The van der Waals surface area contributed by atoms with Gasteiger partial charge in [0.25, 0.3) is 0 Å². The zero-order valence-corrected chi connectivity index (χ0v) is 11.5. The summed E-state index contributed by atoms with van der Waals surface area (Å²) in [4.78, 5) is 8.32. The summed E-state index contributed by atoms with van der Waals surface area (Å²) >= 11 is 9.27. The van der Waals surface area contributed by atoms with Crippen LogP contribution < -0.4 is 4.74 Å². The standard InChI is InChI=1S/C12H10BrClN2O/c1-2-11-15-10(14)7-12(16-11)17-9-5-3-4-8(13)6-9/h3-7H,2H2,1H3. The first-order valence-electron chi connectivity index (χ1n) is 5.14. The molecular weight excluding hydrogens is 304 g/mol. The lowest BCUT2D eigenvalue weighted by atomic mass is 10.3. The summed E-state index contributed by atoms with van der Waals surface area (Å²) in [7, 11) is 0. The smallest absolute Gasteiger partial charge is 0.224 e. The van der Waals surface area contributed by atoms with Gasteiger partial charge in [-0.1, -0.05) is 40.5 Å². The Hall–Kier alpha value is -1.13.